The molecule has 25 heavy (non-hydrogen) atoms. The third-order valence-corrected chi connectivity index (χ3v) is 4.30. The summed E-state index contributed by atoms with van der Waals surface area (Å²) in [6.45, 7) is 1.55. The van der Waals surface area contributed by atoms with Gasteiger partial charge in [0.05, 0.1) is 5.56 Å². The molecule has 5 heteroatoms. The molecular formula is C20H16BrNO3. The van der Waals surface area contributed by atoms with Crippen LogP contribution in [0.3, 0.4) is 0 Å². The van der Waals surface area contributed by atoms with E-state index in [0.717, 1.165) is 15.2 Å². The molecule has 0 fully saturated rings. The van der Waals surface area contributed by atoms with Crippen molar-refractivity contribution in [2.75, 3.05) is 5.32 Å². The first-order valence-electron chi connectivity index (χ1n) is 7.80. The van der Waals surface area contributed by atoms with E-state index in [4.69, 9.17) is 4.74 Å². The maximum atomic E-state index is 12.5. The van der Waals surface area contributed by atoms with E-state index in [1.54, 1.807) is 31.2 Å². The quantitative estimate of drug-likeness (QED) is 0.644. The summed E-state index contributed by atoms with van der Waals surface area (Å²) in [7, 11) is 0. The molecule has 0 saturated heterocycles. The first kappa shape index (κ1) is 17.2. The summed E-state index contributed by atoms with van der Waals surface area (Å²) >= 11 is 3.34. The highest BCUT2D eigenvalue weighted by Gasteiger charge is 2.20. The number of esters is 1. The molecular weight excluding hydrogens is 382 g/mol. The summed E-state index contributed by atoms with van der Waals surface area (Å²) in [6, 6.07) is 20.2. The zero-order chi connectivity index (χ0) is 17.8. The van der Waals surface area contributed by atoms with Crippen LogP contribution in [-0.4, -0.2) is 18.0 Å². The van der Waals surface area contributed by atoms with Crippen LogP contribution in [0.2, 0.25) is 0 Å². The normalized spacial score (nSPS) is 11.8. The summed E-state index contributed by atoms with van der Waals surface area (Å²) in [5, 5.41) is 4.48. The van der Waals surface area contributed by atoms with Crippen LogP contribution in [0.15, 0.2) is 71.2 Å². The number of carbonyl (C=O) groups excluding carboxylic acids is 2. The number of halogens is 1. The Morgan fingerprint density at radius 2 is 1.64 bits per heavy atom. The minimum atomic E-state index is -0.907. The lowest BCUT2D eigenvalue weighted by molar-refractivity contribution is -0.123. The summed E-state index contributed by atoms with van der Waals surface area (Å²) < 4.78 is 6.26. The van der Waals surface area contributed by atoms with Gasteiger partial charge < -0.3 is 10.1 Å². The number of hydrogen-bond donors (Lipinski definition) is 1. The third kappa shape index (κ3) is 4.06. The fourth-order valence-electron chi connectivity index (χ4n) is 2.46. The second-order valence-corrected chi connectivity index (χ2v) is 6.49. The van der Waals surface area contributed by atoms with Crippen molar-refractivity contribution in [3.63, 3.8) is 0 Å². The van der Waals surface area contributed by atoms with Gasteiger partial charge in [0.15, 0.2) is 6.10 Å². The van der Waals surface area contributed by atoms with Crippen LogP contribution >= 0.6 is 15.9 Å². The van der Waals surface area contributed by atoms with Crippen LogP contribution in [0.5, 0.6) is 0 Å². The number of rotatable bonds is 4. The van der Waals surface area contributed by atoms with E-state index in [0.29, 0.717) is 11.3 Å². The second-order valence-electron chi connectivity index (χ2n) is 5.57. The van der Waals surface area contributed by atoms with Crippen molar-refractivity contribution in [2.24, 2.45) is 0 Å². The van der Waals surface area contributed by atoms with Gasteiger partial charge in [-0.25, -0.2) is 4.79 Å². The van der Waals surface area contributed by atoms with Gasteiger partial charge >= 0.3 is 5.97 Å². The molecule has 0 radical (unpaired) electrons. The van der Waals surface area contributed by atoms with E-state index in [-0.39, 0.29) is 5.91 Å². The van der Waals surface area contributed by atoms with Crippen molar-refractivity contribution in [2.45, 2.75) is 13.0 Å². The first-order valence-corrected chi connectivity index (χ1v) is 8.59. The van der Waals surface area contributed by atoms with E-state index in [2.05, 4.69) is 21.2 Å². The van der Waals surface area contributed by atoms with Crippen molar-refractivity contribution >= 4 is 44.3 Å². The maximum Gasteiger partial charge on any atom is 0.339 e. The largest absolute Gasteiger partial charge is 0.449 e. The molecule has 3 aromatic carbocycles. The van der Waals surface area contributed by atoms with Crippen molar-refractivity contribution in [3.8, 4) is 0 Å². The van der Waals surface area contributed by atoms with Crippen LogP contribution in [0.1, 0.15) is 17.3 Å². The topological polar surface area (TPSA) is 55.4 Å². The Hall–Kier alpha value is -2.66. The Morgan fingerprint density at radius 3 is 2.40 bits per heavy atom. The van der Waals surface area contributed by atoms with Gasteiger partial charge in [0, 0.05) is 10.2 Å². The molecule has 126 valence electrons. The smallest absolute Gasteiger partial charge is 0.339 e. The highest BCUT2D eigenvalue weighted by atomic mass is 79.9. The molecule has 4 nitrogen and oxygen atoms in total. The summed E-state index contributed by atoms with van der Waals surface area (Å²) in [5.74, 6) is -0.897. The first-order chi connectivity index (χ1) is 12.0. The van der Waals surface area contributed by atoms with Crippen LogP contribution in [0.4, 0.5) is 5.69 Å². The van der Waals surface area contributed by atoms with Crippen molar-refractivity contribution in [1.82, 2.24) is 0 Å². The Kier molecular flexibility index (Phi) is 5.14. The SMILES string of the molecule is C[C@@H](OC(=O)c1cccc2ccccc12)C(=O)Nc1ccc(Br)cc1. The molecule has 0 bridgehead atoms. The van der Waals surface area contributed by atoms with Crippen molar-refractivity contribution in [3.05, 3.63) is 76.8 Å². The van der Waals surface area contributed by atoms with Crippen LogP contribution < -0.4 is 5.32 Å². The monoisotopic (exact) mass is 397 g/mol. The van der Waals surface area contributed by atoms with Crippen LogP contribution in [0, 0.1) is 0 Å². The Morgan fingerprint density at radius 1 is 0.960 bits per heavy atom. The fourth-order valence-corrected chi connectivity index (χ4v) is 2.72. The Bertz CT molecular complexity index is 916. The predicted octanol–water partition coefficient (Wildman–Crippen LogP) is 4.79. The number of hydrogen-bond acceptors (Lipinski definition) is 3. The molecule has 0 spiro atoms. The molecule has 3 rings (SSSR count). The zero-order valence-electron chi connectivity index (χ0n) is 13.5. The second kappa shape index (κ2) is 7.49. The van der Waals surface area contributed by atoms with Gasteiger partial charge in [0.25, 0.3) is 5.91 Å². The molecule has 0 aliphatic rings. The van der Waals surface area contributed by atoms with E-state index in [9.17, 15) is 9.59 Å². The molecule has 1 amide bonds. The van der Waals surface area contributed by atoms with Crippen molar-refractivity contribution in [1.29, 1.82) is 0 Å². The average molecular weight is 398 g/mol. The van der Waals surface area contributed by atoms with Gasteiger partial charge in [-0.2, -0.15) is 0 Å². The number of anilines is 1. The summed E-state index contributed by atoms with van der Waals surface area (Å²) in [5.41, 5.74) is 1.09. The van der Waals surface area contributed by atoms with Crippen molar-refractivity contribution < 1.29 is 14.3 Å². The molecule has 0 saturated carbocycles. The van der Waals surface area contributed by atoms with Gasteiger partial charge in [-0.05, 0) is 48.0 Å². The molecule has 0 heterocycles. The summed E-state index contributed by atoms with van der Waals surface area (Å²) in [6.07, 6.45) is -0.907. The lowest BCUT2D eigenvalue weighted by Gasteiger charge is -2.14. The molecule has 0 aliphatic heterocycles. The highest BCUT2D eigenvalue weighted by Crippen LogP contribution is 2.20. The number of carbonyl (C=O) groups is 2. The van der Waals surface area contributed by atoms with Gasteiger partial charge in [-0.15, -0.1) is 0 Å². The van der Waals surface area contributed by atoms with E-state index < -0.39 is 12.1 Å². The predicted molar refractivity (Wildman–Crippen MR) is 102 cm³/mol. The summed E-state index contributed by atoms with van der Waals surface area (Å²) in [4.78, 5) is 24.7. The standard InChI is InChI=1S/C20H16BrNO3/c1-13(19(23)22-16-11-9-15(21)10-12-16)25-20(24)18-8-4-6-14-5-2-3-7-17(14)18/h2-13H,1H3,(H,22,23)/t13-/m1/s1. The van der Waals surface area contributed by atoms with Crippen LogP contribution in [0.25, 0.3) is 10.8 Å². The average Bonchev–Trinajstić information content (AvgIpc) is 2.63. The Balaban J connectivity index is 1.71. The fraction of sp³-hybridized carbons (Fsp3) is 0.100. The molecule has 0 unspecified atom stereocenters. The molecule has 3 aromatic rings. The van der Waals surface area contributed by atoms with Gasteiger partial charge in [-0.1, -0.05) is 52.3 Å². The Labute approximate surface area is 153 Å². The number of ether oxygens (including phenoxy) is 1. The number of benzene rings is 3. The highest BCUT2D eigenvalue weighted by molar-refractivity contribution is 9.10. The number of nitrogens with one attached hydrogen (secondary N) is 1. The minimum absolute atomic E-state index is 0.379. The number of fused-ring (bicyclic) bond motifs is 1. The van der Waals surface area contributed by atoms with Gasteiger partial charge in [0.2, 0.25) is 0 Å². The van der Waals surface area contributed by atoms with Crippen LogP contribution in [-0.2, 0) is 9.53 Å². The van der Waals surface area contributed by atoms with E-state index in [1.807, 2.05) is 42.5 Å². The minimum Gasteiger partial charge on any atom is -0.449 e. The van der Waals surface area contributed by atoms with Gasteiger partial charge in [-0.3, -0.25) is 4.79 Å². The molecule has 0 aliphatic carbocycles. The maximum absolute atomic E-state index is 12.5. The lowest BCUT2D eigenvalue weighted by Crippen LogP contribution is -2.30. The van der Waals surface area contributed by atoms with E-state index >= 15 is 0 Å². The third-order valence-electron chi connectivity index (χ3n) is 3.77. The molecule has 0 aromatic heterocycles. The zero-order valence-corrected chi connectivity index (χ0v) is 15.1. The number of amides is 1. The van der Waals surface area contributed by atoms with Gasteiger partial charge in [0.1, 0.15) is 0 Å². The molecule has 1 atom stereocenters. The lowest BCUT2D eigenvalue weighted by atomic mass is 10.0. The molecule has 1 N–H and O–H groups in total. The van der Waals surface area contributed by atoms with E-state index in [1.165, 1.54) is 0 Å².